The Morgan fingerprint density at radius 2 is 2.06 bits per heavy atom. The first kappa shape index (κ1) is 13.4. The van der Waals surface area contributed by atoms with Gasteiger partial charge in [-0.2, -0.15) is 0 Å². The van der Waals surface area contributed by atoms with Crippen LogP contribution >= 0.6 is 0 Å². The van der Waals surface area contributed by atoms with Crippen LogP contribution in [-0.2, 0) is 0 Å². The Hall–Kier alpha value is -1.06. The molecule has 1 saturated carbocycles. The minimum atomic E-state index is -0.621. The molecular weight excluding hydrogens is 224 g/mol. The summed E-state index contributed by atoms with van der Waals surface area (Å²) in [6.45, 7) is 2.50. The van der Waals surface area contributed by atoms with Gasteiger partial charge in [-0.3, -0.25) is 0 Å². The van der Waals surface area contributed by atoms with Gasteiger partial charge in [-0.25, -0.2) is 0 Å². The van der Waals surface area contributed by atoms with Crippen molar-refractivity contribution in [2.45, 2.75) is 44.2 Å². The van der Waals surface area contributed by atoms with Gasteiger partial charge in [-0.1, -0.05) is 12.1 Å². The average molecular weight is 248 g/mol. The first-order chi connectivity index (χ1) is 8.54. The van der Waals surface area contributed by atoms with E-state index in [4.69, 9.17) is 5.73 Å². The van der Waals surface area contributed by atoms with Gasteiger partial charge in [0.15, 0.2) is 0 Å². The number of benzene rings is 1. The summed E-state index contributed by atoms with van der Waals surface area (Å²) < 4.78 is 0. The Morgan fingerprint density at radius 1 is 1.39 bits per heavy atom. The molecule has 3 heteroatoms. The van der Waals surface area contributed by atoms with Crippen LogP contribution in [0.3, 0.4) is 0 Å². The maximum absolute atomic E-state index is 10.2. The number of nitrogens with two attached hydrogens (primary N) is 1. The lowest BCUT2D eigenvalue weighted by atomic mass is 9.81. The summed E-state index contributed by atoms with van der Waals surface area (Å²) in [5.41, 5.74) is 7.55. The molecule has 3 N–H and O–H groups in total. The monoisotopic (exact) mass is 248 g/mol. The Kier molecular flexibility index (Phi) is 3.93. The van der Waals surface area contributed by atoms with Gasteiger partial charge in [0, 0.05) is 25.3 Å². The molecule has 100 valence electrons. The lowest BCUT2D eigenvalue weighted by Crippen LogP contribution is -2.46. The number of aliphatic hydroxyl groups is 1. The molecular formula is C15H24N2O. The van der Waals surface area contributed by atoms with Crippen molar-refractivity contribution < 1.29 is 5.11 Å². The van der Waals surface area contributed by atoms with Crippen LogP contribution < -0.4 is 10.6 Å². The quantitative estimate of drug-likeness (QED) is 0.861. The molecule has 0 heterocycles. The van der Waals surface area contributed by atoms with E-state index in [-0.39, 0.29) is 0 Å². The van der Waals surface area contributed by atoms with Gasteiger partial charge < -0.3 is 15.7 Å². The second-order valence-corrected chi connectivity index (χ2v) is 5.61. The van der Waals surface area contributed by atoms with Gasteiger partial charge in [-0.05, 0) is 50.3 Å². The number of nitrogens with zero attached hydrogens (tertiary/aromatic N) is 1. The van der Waals surface area contributed by atoms with Crippen LogP contribution in [0.2, 0.25) is 0 Å². The molecule has 1 aliphatic carbocycles. The molecule has 0 atom stereocenters. The van der Waals surface area contributed by atoms with Gasteiger partial charge in [0.05, 0.1) is 5.60 Å². The summed E-state index contributed by atoms with van der Waals surface area (Å²) in [5.74, 6) is 0. The second-order valence-electron chi connectivity index (χ2n) is 5.61. The van der Waals surface area contributed by atoms with Crippen molar-refractivity contribution in [1.82, 2.24) is 0 Å². The molecule has 1 aliphatic rings. The van der Waals surface area contributed by atoms with Crippen molar-refractivity contribution in [1.29, 1.82) is 0 Å². The lowest BCUT2D eigenvalue weighted by Gasteiger charge is -2.40. The molecule has 0 bridgehead atoms. The molecule has 1 aromatic rings. The summed E-state index contributed by atoms with van der Waals surface area (Å²) in [6.07, 6.45) is 3.64. The van der Waals surface area contributed by atoms with Crippen molar-refractivity contribution in [2.24, 2.45) is 5.73 Å². The number of rotatable bonds is 3. The van der Waals surface area contributed by atoms with Crippen molar-refractivity contribution in [3.63, 3.8) is 0 Å². The number of aryl methyl sites for hydroxylation is 1. The number of hydrogen-bond donors (Lipinski definition) is 2. The molecule has 0 radical (unpaired) electrons. The van der Waals surface area contributed by atoms with Gasteiger partial charge in [0.25, 0.3) is 0 Å². The van der Waals surface area contributed by atoms with Crippen LogP contribution in [0.1, 0.15) is 31.2 Å². The average Bonchev–Trinajstić information content (AvgIpc) is 2.39. The van der Waals surface area contributed by atoms with Crippen LogP contribution in [0, 0.1) is 6.92 Å². The molecule has 2 rings (SSSR count). The molecule has 0 aliphatic heterocycles. The van der Waals surface area contributed by atoms with Gasteiger partial charge in [0.1, 0.15) is 0 Å². The number of anilines is 1. The predicted molar refractivity (Wildman–Crippen MR) is 75.8 cm³/mol. The highest BCUT2D eigenvalue weighted by molar-refractivity contribution is 5.48. The minimum Gasteiger partial charge on any atom is -0.389 e. The smallest absolute Gasteiger partial charge is 0.0770 e. The van der Waals surface area contributed by atoms with E-state index in [1.807, 2.05) is 0 Å². The van der Waals surface area contributed by atoms with E-state index in [0.717, 1.165) is 25.7 Å². The summed E-state index contributed by atoms with van der Waals surface area (Å²) in [7, 11) is 2.15. The zero-order chi connectivity index (χ0) is 13.2. The Morgan fingerprint density at radius 3 is 2.61 bits per heavy atom. The van der Waals surface area contributed by atoms with Crippen LogP contribution in [0.4, 0.5) is 5.69 Å². The summed E-state index contributed by atoms with van der Waals surface area (Å²) in [6, 6.07) is 9.09. The minimum absolute atomic E-state index is 0.383. The Balaban J connectivity index is 2.01. The normalized spacial score (nSPS) is 28.1. The number of hydrogen-bond acceptors (Lipinski definition) is 3. The second kappa shape index (κ2) is 5.29. The Labute approximate surface area is 110 Å². The molecule has 0 aromatic heterocycles. The van der Waals surface area contributed by atoms with Crippen molar-refractivity contribution >= 4 is 5.69 Å². The standard InChI is InChI=1S/C15H24N2O/c1-12-4-3-5-14(10-12)17(2)13-6-8-15(18,11-16)9-7-13/h3-5,10,13,18H,6-9,11,16H2,1-2H3. The third-order valence-electron chi connectivity index (χ3n) is 4.22. The Bertz CT molecular complexity index is 397. The van der Waals surface area contributed by atoms with E-state index >= 15 is 0 Å². The summed E-state index contributed by atoms with van der Waals surface area (Å²) >= 11 is 0. The van der Waals surface area contributed by atoms with E-state index in [2.05, 4.69) is 43.1 Å². The predicted octanol–water partition coefficient (Wildman–Crippen LogP) is 2.06. The fraction of sp³-hybridized carbons (Fsp3) is 0.600. The van der Waals surface area contributed by atoms with Gasteiger partial charge in [0.2, 0.25) is 0 Å². The zero-order valence-electron chi connectivity index (χ0n) is 11.4. The molecule has 18 heavy (non-hydrogen) atoms. The van der Waals surface area contributed by atoms with E-state index in [1.54, 1.807) is 0 Å². The first-order valence-electron chi connectivity index (χ1n) is 6.76. The molecule has 0 unspecified atom stereocenters. The molecule has 3 nitrogen and oxygen atoms in total. The van der Waals surface area contributed by atoms with E-state index in [9.17, 15) is 5.11 Å². The molecule has 0 spiro atoms. The van der Waals surface area contributed by atoms with Crippen LogP contribution in [0.15, 0.2) is 24.3 Å². The maximum Gasteiger partial charge on any atom is 0.0770 e. The largest absolute Gasteiger partial charge is 0.389 e. The van der Waals surface area contributed by atoms with E-state index < -0.39 is 5.60 Å². The van der Waals surface area contributed by atoms with E-state index in [0.29, 0.717) is 12.6 Å². The highest BCUT2D eigenvalue weighted by atomic mass is 16.3. The summed E-state index contributed by atoms with van der Waals surface area (Å²) in [5, 5.41) is 10.2. The van der Waals surface area contributed by atoms with Crippen molar-refractivity contribution in [3.8, 4) is 0 Å². The third kappa shape index (κ3) is 2.85. The zero-order valence-corrected chi connectivity index (χ0v) is 11.4. The topological polar surface area (TPSA) is 49.5 Å². The molecule has 1 fully saturated rings. The van der Waals surface area contributed by atoms with E-state index in [1.165, 1.54) is 11.3 Å². The SMILES string of the molecule is Cc1cccc(N(C)C2CCC(O)(CN)CC2)c1. The molecule has 0 amide bonds. The van der Waals surface area contributed by atoms with Gasteiger partial charge >= 0.3 is 0 Å². The first-order valence-corrected chi connectivity index (χ1v) is 6.76. The van der Waals surface area contributed by atoms with Crippen molar-refractivity contribution in [2.75, 3.05) is 18.5 Å². The molecule has 0 saturated heterocycles. The van der Waals surface area contributed by atoms with Gasteiger partial charge in [-0.15, -0.1) is 0 Å². The highest BCUT2D eigenvalue weighted by Gasteiger charge is 2.33. The fourth-order valence-corrected chi connectivity index (χ4v) is 2.79. The highest BCUT2D eigenvalue weighted by Crippen LogP contribution is 2.31. The fourth-order valence-electron chi connectivity index (χ4n) is 2.79. The maximum atomic E-state index is 10.2. The molecule has 1 aromatic carbocycles. The van der Waals surface area contributed by atoms with Crippen molar-refractivity contribution in [3.05, 3.63) is 29.8 Å². The third-order valence-corrected chi connectivity index (χ3v) is 4.22. The summed E-state index contributed by atoms with van der Waals surface area (Å²) in [4.78, 5) is 2.34. The van der Waals surface area contributed by atoms with Crippen LogP contribution in [-0.4, -0.2) is 30.3 Å². The van der Waals surface area contributed by atoms with Crippen LogP contribution in [0.5, 0.6) is 0 Å². The lowest BCUT2D eigenvalue weighted by molar-refractivity contribution is 0.00800. The van der Waals surface area contributed by atoms with Crippen LogP contribution in [0.25, 0.3) is 0 Å².